The van der Waals surface area contributed by atoms with Crippen molar-refractivity contribution in [2.24, 2.45) is 0 Å². The summed E-state index contributed by atoms with van der Waals surface area (Å²) in [4.78, 5) is 21.9. The molecule has 1 saturated heterocycles. The largest absolute Gasteiger partial charge is 0.394 e. The fourth-order valence-electron chi connectivity index (χ4n) is 2.15. The van der Waals surface area contributed by atoms with Crippen LogP contribution in [0, 0.1) is 0 Å². The molecule has 0 unspecified atom stereocenters. The number of H-pyrrole nitrogens is 1. The highest BCUT2D eigenvalue weighted by Crippen LogP contribution is 2.29. The first-order valence-electron chi connectivity index (χ1n) is 5.55. The number of rotatable bonds is 2. The fraction of sp³-hybridized carbons (Fsp3) is 0.500. The summed E-state index contributed by atoms with van der Waals surface area (Å²) in [5.41, 5.74) is 0.201. The smallest absolute Gasteiger partial charge is 0.278 e. The van der Waals surface area contributed by atoms with Gasteiger partial charge in [-0.05, 0) is 0 Å². The van der Waals surface area contributed by atoms with E-state index >= 15 is 0 Å². The molecular formula is C10H12N4O4. The van der Waals surface area contributed by atoms with Gasteiger partial charge in [0.15, 0.2) is 17.4 Å². The number of nitrogens with zero attached hydrogens (tertiary/aromatic N) is 3. The van der Waals surface area contributed by atoms with Crippen molar-refractivity contribution in [2.45, 2.75) is 24.9 Å². The Morgan fingerprint density at radius 1 is 1.56 bits per heavy atom. The van der Waals surface area contributed by atoms with Crippen LogP contribution in [0.2, 0.25) is 0 Å². The Labute approximate surface area is 101 Å². The standard InChI is InChI=1S/C10H12N4O4/c15-2-5-1-6(16)10(18-5)14-4-13-7-8(14)11-3-12-9(7)17/h3-6,10,15-16H,1-2H2,(H,11,12,17)/t5-,6-,10+/m1/s1. The van der Waals surface area contributed by atoms with Gasteiger partial charge in [-0.2, -0.15) is 0 Å². The molecule has 0 bridgehead atoms. The molecule has 0 radical (unpaired) electrons. The lowest BCUT2D eigenvalue weighted by molar-refractivity contribution is -0.0486. The number of imidazole rings is 1. The number of ether oxygens (including phenoxy) is 1. The predicted molar refractivity (Wildman–Crippen MR) is 59.8 cm³/mol. The molecule has 0 aromatic carbocycles. The maximum atomic E-state index is 11.5. The molecule has 8 heteroatoms. The van der Waals surface area contributed by atoms with Gasteiger partial charge in [0.05, 0.1) is 25.4 Å². The summed E-state index contributed by atoms with van der Waals surface area (Å²) < 4.78 is 6.99. The Balaban J connectivity index is 2.05. The van der Waals surface area contributed by atoms with Crippen LogP contribution in [0.1, 0.15) is 12.6 Å². The summed E-state index contributed by atoms with van der Waals surface area (Å²) in [5, 5.41) is 18.9. The lowest BCUT2D eigenvalue weighted by Gasteiger charge is -2.16. The molecule has 2 aromatic heterocycles. The molecule has 1 fully saturated rings. The second-order valence-electron chi connectivity index (χ2n) is 4.19. The average Bonchev–Trinajstić information content (AvgIpc) is 2.93. The lowest BCUT2D eigenvalue weighted by atomic mass is 10.2. The normalized spacial score (nSPS) is 28.0. The van der Waals surface area contributed by atoms with Crippen molar-refractivity contribution in [3.63, 3.8) is 0 Å². The second-order valence-corrected chi connectivity index (χ2v) is 4.19. The van der Waals surface area contributed by atoms with Crippen molar-refractivity contribution < 1.29 is 14.9 Å². The summed E-state index contributed by atoms with van der Waals surface area (Å²) in [6, 6.07) is 0. The monoisotopic (exact) mass is 252 g/mol. The molecule has 0 amide bonds. The van der Waals surface area contributed by atoms with Gasteiger partial charge in [0, 0.05) is 6.42 Å². The minimum absolute atomic E-state index is 0.159. The van der Waals surface area contributed by atoms with E-state index in [2.05, 4.69) is 15.0 Å². The molecule has 96 valence electrons. The third kappa shape index (κ3) is 1.62. The summed E-state index contributed by atoms with van der Waals surface area (Å²) in [6.45, 7) is -0.159. The van der Waals surface area contributed by atoms with Gasteiger partial charge in [-0.25, -0.2) is 9.97 Å². The third-order valence-electron chi connectivity index (χ3n) is 3.01. The molecule has 3 rings (SSSR count). The van der Waals surface area contributed by atoms with Gasteiger partial charge >= 0.3 is 0 Å². The van der Waals surface area contributed by atoms with Crippen LogP contribution in [0.4, 0.5) is 0 Å². The molecule has 0 saturated carbocycles. The van der Waals surface area contributed by atoms with Crippen LogP contribution in [0.15, 0.2) is 17.4 Å². The predicted octanol–water partition coefficient (Wildman–Crippen LogP) is -1.24. The number of hydrogen-bond acceptors (Lipinski definition) is 6. The van der Waals surface area contributed by atoms with Gasteiger partial charge in [0.1, 0.15) is 6.10 Å². The van der Waals surface area contributed by atoms with E-state index in [1.54, 1.807) is 0 Å². The quantitative estimate of drug-likeness (QED) is 0.616. The molecule has 0 aliphatic carbocycles. The van der Waals surface area contributed by atoms with Crippen LogP contribution >= 0.6 is 0 Å². The highest BCUT2D eigenvalue weighted by Gasteiger charge is 2.35. The maximum Gasteiger partial charge on any atom is 0.278 e. The Bertz CT molecular complexity index is 622. The van der Waals surface area contributed by atoms with Crippen molar-refractivity contribution in [1.29, 1.82) is 0 Å². The molecular weight excluding hydrogens is 240 g/mol. The zero-order valence-corrected chi connectivity index (χ0v) is 9.35. The average molecular weight is 252 g/mol. The van der Waals surface area contributed by atoms with Crippen molar-refractivity contribution in [2.75, 3.05) is 6.61 Å². The summed E-state index contributed by atoms with van der Waals surface area (Å²) in [6.07, 6.45) is 1.16. The van der Waals surface area contributed by atoms with E-state index in [-0.39, 0.29) is 17.7 Å². The van der Waals surface area contributed by atoms with E-state index in [0.29, 0.717) is 12.1 Å². The van der Waals surface area contributed by atoms with E-state index in [1.807, 2.05) is 0 Å². The number of aromatic nitrogens is 4. The zero-order valence-electron chi connectivity index (χ0n) is 9.35. The Morgan fingerprint density at radius 3 is 3.11 bits per heavy atom. The van der Waals surface area contributed by atoms with Crippen LogP contribution in [0.3, 0.4) is 0 Å². The first kappa shape index (κ1) is 11.3. The topological polar surface area (TPSA) is 113 Å². The Morgan fingerprint density at radius 2 is 2.39 bits per heavy atom. The van der Waals surface area contributed by atoms with Gasteiger partial charge in [-0.1, -0.05) is 0 Å². The van der Waals surface area contributed by atoms with Gasteiger partial charge in [-0.3, -0.25) is 9.36 Å². The maximum absolute atomic E-state index is 11.5. The van der Waals surface area contributed by atoms with Crippen LogP contribution < -0.4 is 5.56 Å². The van der Waals surface area contributed by atoms with E-state index in [0.717, 1.165) is 0 Å². The lowest BCUT2D eigenvalue weighted by Crippen LogP contribution is -2.19. The van der Waals surface area contributed by atoms with E-state index < -0.39 is 18.4 Å². The molecule has 3 atom stereocenters. The highest BCUT2D eigenvalue weighted by atomic mass is 16.5. The van der Waals surface area contributed by atoms with E-state index in [9.17, 15) is 9.90 Å². The molecule has 0 spiro atoms. The second kappa shape index (κ2) is 4.16. The van der Waals surface area contributed by atoms with Crippen molar-refractivity contribution in [3.8, 4) is 0 Å². The minimum Gasteiger partial charge on any atom is -0.394 e. The van der Waals surface area contributed by atoms with Gasteiger partial charge in [0.25, 0.3) is 5.56 Å². The fourth-order valence-corrected chi connectivity index (χ4v) is 2.15. The molecule has 18 heavy (non-hydrogen) atoms. The van der Waals surface area contributed by atoms with Crippen LogP contribution in [-0.2, 0) is 4.74 Å². The van der Waals surface area contributed by atoms with Crippen LogP contribution in [0.25, 0.3) is 11.2 Å². The van der Waals surface area contributed by atoms with Gasteiger partial charge < -0.3 is 19.9 Å². The number of aliphatic hydroxyl groups is 2. The van der Waals surface area contributed by atoms with Crippen LogP contribution in [0.5, 0.6) is 0 Å². The SMILES string of the molecule is O=c1[nH]cnc2c1ncn2[C@H]1O[C@@H](CO)C[C@H]1O. The Kier molecular flexibility index (Phi) is 2.62. The first-order valence-corrected chi connectivity index (χ1v) is 5.55. The van der Waals surface area contributed by atoms with Crippen molar-refractivity contribution in [1.82, 2.24) is 19.5 Å². The van der Waals surface area contributed by atoms with Crippen molar-refractivity contribution >= 4 is 11.2 Å². The molecule has 2 aromatic rings. The van der Waals surface area contributed by atoms with E-state index in [4.69, 9.17) is 9.84 Å². The number of hydrogen-bond donors (Lipinski definition) is 3. The van der Waals surface area contributed by atoms with Crippen LogP contribution in [-0.4, -0.2) is 48.5 Å². The molecule has 1 aliphatic rings. The first-order chi connectivity index (χ1) is 8.70. The number of fused-ring (bicyclic) bond motifs is 1. The van der Waals surface area contributed by atoms with Crippen molar-refractivity contribution in [3.05, 3.63) is 23.0 Å². The molecule has 3 N–H and O–H groups in total. The molecule has 8 nitrogen and oxygen atoms in total. The zero-order chi connectivity index (χ0) is 12.7. The Hall–Kier alpha value is -1.77. The molecule has 1 aliphatic heterocycles. The summed E-state index contributed by atoms with van der Waals surface area (Å²) >= 11 is 0. The van der Waals surface area contributed by atoms with Gasteiger partial charge in [0.2, 0.25) is 0 Å². The third-order valence-corrected chi connectivity index (χ3v) is 3.01. The summed E-state index contributed by atoms with van der Waals surface area (Å²) in [5.74, 6) is 0. The minimum atomic E-state index is -0.763. The number of aromatic amines is 1. The van der Waals surface area contributed by atoms with E-state index in [1.165, 1.54) is 17.2 Å². The molecule has 3 heterocycles. The van der Waals surface area contributed by atoms with Gasteiger partial charge in [-0.15, -0.1) is 0 Å². The number of aliphatic hydroxyl groups excluding tert-OH is 2. The number of nitrogens with one attached hydrogen (secondary N) is 1. The summed E-state index contributed by atoms with van der Waals surface area (Å²) in [7, 11) is 0. The highest BCUT2D eigenvalue weighted by molar-refractivity contribution is 5.68.